The van der Waals surface area contributed by atoms with Crippen LogP contribution in [0.25, 0.3) is 0 Å². The zero-order valence-electron chi connectivity index (χ0n) is 14.5. The standard InChI is InChI=1S/C17H25N5OS/c1-12(2)9-15-16(24-13(3)19-15)20-17(23)22-7-4-5-14(22)10-21-8-6-18-11-21/h6,8,11-12,14H,4-5,7,9-10H2,1-3H3,(H,20,23)/t14-/m0/s1. The molecule has 3 heterocycles. The van der Waals surface area contributed by atoms with Crippen LogP contribution in [-0.4, -0.2) is 38.1 Å². The number of aryl methyl sites for hydroxylation is 1. The van der Waals surface area contributed by atoms with Gasteiger partial charge in [0, 0.05) is 25.5 Å². The van der Waals surface area contributed by atoms with E-state index in [0.717, 1.165) is 48.1 Å². The summed E-state index contributed by atoms with van der Waals surface area (Å²) in [6, 6.07) is 0.216. The van der Waals surface area contributed by atoms with E-state index >= 15 is 0 Å². The molecule has 0 bridgehead atoms. The molecule has 7 heteroatoms. The summed E-state index contributed by atoms with van der Waals surface area (Å²) in [7, 11) is 0. The van der Waals surface area contributed by atoms with Gasteiger partial charge >= 0.3 is 6.03 Å². The van der Waals surface area contributed by atoms with Crippen molar-refractivity contribution in [3.63, 3.8) is 0 Å². The third-order valence-corrected chi connectivity index (χ3v) is 5.17. The Hall–Kier alpha value is -1.89. The molecule has 0 unspecified atom stereocenters. The van der Waals surface area contributed by atoms with Gasteiger partial charge < -0.3 is 9.47 Å². The van der Waals surface area contributed by atoms with Gasteiger partial charge in [-0.05, 0) is 32.1 Å². The molecular formula is C17H25N5OS. The number of anilines is 1. The van der Waals surface area contributed by atoms with Gasteiger partial charge in [-0.3, -0.25) is 5.32 Å². The van der Waals surface area contributed by atoms with E-state index in [-0.39, 0.29) is 12.1 Å². The van der Waals surface area contributed by atoms with Crippen molar-refractivity contribution >= 4 is 22.4 Å². The third-order valence-electron chi connectivity index (χ3n) is 4.25. The van der Waals surface area contributed by atoms with Crippen LogP contribution in [-0.2, 0) is 13.0 Å². The van der Waals surface area contributed by atoms with Crippen LogP contribution in [0, 0.1) is 12.8 Å². The van der Waals surface area contributed by atoms with Crippen molar-refractivity contribution in [3.8, 4) is 0 Å². The Morgan fingerprint density at radius 3 is 3.04 bits per heavy atom. The minimum absolute atomic E-state index is 0.00808. The zero-order chi connectivity index (χ0) is 17.1. The van der Waals surface area contributed by atoms with Crippen LogP contribution in [0.2, 0.25) is 0 Å². The van der Waals surface area contributed by atoms with E-state index in [9.17, 15) is 4.79 Å². The van der Waals surface area contributed by atoms with E-state index in [2.05, 4.69) is 29.1 Å². The Balaban J connectivity index is 1.68. The van der Waals surface area contributed by atoms with E-state index in [1.165, 1.54) is 0 Å². The number of imidazole rings is 1. The summed E-state index contributed by atoms with van der Waals surface area (Å²) in [4.78, 5) is 23.4. The number of hydrogen-bond donors (Lipinski definition) is 1. The number of thiazole rings is 1. The average Bonchev–Trinajstić information content (AvgIpc) is 3.22. The molecule has 0 spiro atoms. The second kappa shape index (κ2) is 7.34. The van der Waals surface area contributed by atoms with Crippen molar-refractivity contribution in [1.29, 1.82) is 0 Å². The molecule has 1 aliphatic rings. The van der Waals surface area contributed by atoms with Gasteiger partial charge in [-0.25, -0.2) is 14.8 Å². The Labute approximate surface area is 146 Å². The summed E-state index contributed by atoms with van der Waals surface area (Å²) in [5.41, 5.74) is 1.01. The van der Waals surface area contributed by atoms with Gasteiger partial charge in [-0.1, -0.05) is 13.8 Å². The number of aromatic nitrogens is 3. The van der Waals surface area contributed by atoms with Gasteiger partial charge in [0.2, 0.25) is 0 Å². The molecule has 1 N–H and O–H groups in total. The van der Waals surface area contributed by atoms with E-state index in [1.807, 2.05) is 28.9 Å². The Kier molecular flexibility index (Phi) is 5.18. The van der Waals surface area contributed by atoms with Crippen molar-refractivity contribution in [2.24, 2.45) is 5.92 Å². The molecular weight excluding hydrogens is 322 g/mol. The summed E-state index contributed by atoms with van der Waals surface area (Å²) in [5, 5.41) is 5.01. The largest absolute Gasteiger partial charge is 0.335 e. The van der Waals surface area contributed by atoms with Crippen LogP contribution in [0.5, 0.6) is 0 Å². The Morgan fingerprint density at radius 2 is 2.33 bits per heavy atom. The molecule has 1 fully saturated rings. The predicted molar refractivity (Wildman–Crippen MR) is 96.4 cm³/mol. The number of nitrogens with one attached hydrogen (secondary N) is 1. The zero-order valence-corrected chi connectivity index (χ0v) is 15.3. The van der Waals surface area contributed by atoms with Crippen LogP contribution >= 0.6 is 11.3 Å². The summed E-state index contributed by atoms with van der Waals surface area (Å²) in [6.45, 7) is 7.93. The summed E-state index contributed by atoms with van der Waals surface area (Å²) < 4.78 is 2.04. The molecule has 130 valence electrons. The first kappa shape index (κ1) is 17.0. The van der Waals surface area contributed by atoms with Gasteiger partial charge in [0.1, 0.15) is 5.00 Å². The second-order valence-electron chi connectivity index (χ2n) is 6.79. The first-order chi connectivity index (χ1) is 11.5. The van der Waals surface area contributed by atoms with Gasteiger partial charge in [0.05, 0.1) is 23.1 Å². The highest BCUT2D eigenvalue weighted by Crippen LogP contribution is 2.28. The maximum atomic E-state index is 12.8. The topological polar surface area (TPSA) is 63.1 Å². The average molecular weight is 347 g/mol. The van der Waals surface area contributed by atoms with E-state index in [4.69, 9.17) is 0 Å². The number of carbonyl (C=O) groups excluding carboxylic acids is 1. The lowest BCUT2D eigenvalue weighted by Crippen LogP contribution is -2.40. The number of rotatable bonds is 5. The molecule has 0 saturated carbocycles. The number of carbonyl (C=O) groups is 1. The maximum absolute atomic E-state index is 12.8. The molecule has 2 aromatic rings. The number of amides is 2. The number of nitrogens with zero attached hydrogens (tertiary/aromatic N) is 4. The van der Waals surface area contributed by atoms with Crippen LogP contribution in [0.15, 0.2) is 18.7 Å². The van der Waals surface area contributed by atoms with Gasteiger partial charge in [0.25, 0.3) is 0 Å². The monoisotopic (exact) mass is 347 g/mol. The van der Waals surface area contributed by atoms with E-state index in [0.29, 0.717) is 5.92 Å². The number of hydrogen-bond acceptors (Lipinski definition) is 4. The van der Waals surface area contributed by atoms with Crippen molar-refractivity contribution < 1.29 is 4.79 Å². The van der Waals surface area contributed by atoms with Gasteiger partial charge in [-0.15, -0.1) is 11.3 Å². The lowest BCUT2D eigenvalue weighted by molar-refractivity contribution is 0.201. The van der Waals surface area contributed by atoms with Crippen molar-refractivity contribution in [2.75, 3.05) is 11.9 Å². The van der Waals surface area contributed by atoms with Crippen LogP contribution in [0.1, 0.15) is 37.4 Å². The summed E-state index contributed by atoms with van der Waals surface area (Å²) >= 11 is 1.57. The number of urea groups is 1. The number of likely N-dealkylation sites (tertiary alicyclic amines) is 1. The lowest BCUT2D eigenvalue weighted by atomic mass is 10.1. The molecule has 2 aromatic heterocycles. The quantitative estimate of drug-likeness (QED) is 0.900. The van der Waals surface area contributed by atoms with Crippen molar-refractivity contribution in [3.05, 3.63) is 29.4 Å². The Morgan fingerprint density at radius 1 is 1.50 bits per heavy atom. The fourth-order valence-corrected chi connectivity index (χ4v) is 4.03. The smallest absolute Gasteiger partial charge is 0.322 e. The molecule has 24 heavy (non-hydrogen) atoms. The van der Waals surface area contributed by atoms with Gasteiger partial charge in [-0.2, -0.15) is 0 Å². The fraction of sp³-hybridized carbons (Fsp3) is 0.588. The Bertz CT molecular complexity index is 679. The van der Waals surface area contributed by atoms with Crippen molar-refractivity contribution in [2.45, 2.75) is 52.6 Å². The summed E-state index contributed by atoms with van der Waals surface area (Å²) in [5.74, 6) is 0.517. The van der Waals surface area contributed by atoms with Crippen LogP contribution in [0.4, 0.5) is 9.80 Å². The van der Waals surface area contributed by atoms with E-state index < -0.39 is 0 Å². The SMILES string of the molecule is Cc1nc(CC(C)C)c(NC(=O)N2CCC[C@H]2Cn2ccnc2)s1. The molecule has 0 radical (unpaired) electrons. The molecule has 1 atom stereocenters. The predicted octanol–water partition coefficient (Wildman–Crippen LogP) is 3.54. The fourth-order valence-electron chi connectivity index (χ4n) is 3.19. The summed E-state index contributed by atoms with van der Waals surface area (Å²) in [6.07, 6.45) is 8.50. The molecule has 3 rings (SSSR count). The van der Waals surface area contributed by atoms with Crippen LogP contribution in [0.3, 0.4) is 0 Å². The minimum atomic E-state index is -0.00808. The minimum Gasteiger partial charge on any atom is -0.335 e. The normalized spacial score (nSPS) is 17.7. The van der Waals surface area contributed by atoms with Gasteiger partial charge in [0.15, 0.2) is 0 Å². The lowest BCUT2D eigenvalue weighted by Gasteiger charge is -2.25. The van der Waals surface area contributed by atoms with Crippen molar-refractivity contribution in [1.82, 2.24) is 19.4 Å². The second-order valence-corrected chi connectivity index (χ2v) is 7.99. The van der Waals surface area contributed by atoms with E-state index in [1.54, 1.807) is 17.5 Å². The third kappa shape index (κ3) is 3.95. The first-order valence-electron chi connectivity index (χ1n) is 8.52. The highest BCUT2D eigenvalue weighted by molar-refractivity contribution is 7.16. The van der Waals surface area contributed by atoms with Crippen LogP contribution < -0.4 is 5.32 Å². The molecule has 0 aliphatic carbocycles. The molecule has 1 saturated heterocycles. The first-order valence-corrected chi connectivity index (χ1v) is 9.34. The molecule has 0 aromatic carbocycles. The molecule has 6 nitrogen and oxygen atoms in total. The molecule has 2 amide bonds. The highest BCUT2D eigenvalue weighted by Gasteiger charge is 2.29. The molecule has 1 aliphatic heterocycles. The highest BCUT2D eigenvalue weighted by atomic mass is 32.1. The maximum Gasteiger partial charge on any atom is 0.322 e.